The van der Waals surface area contributed by atoms with Gasteiger partial charge in [-0.25, -0.2) is 9.97 Å². The topological polar surface area (TPSA) is 140 Å². The van der Waals surface area contributed by atoms with Crippen LogP contribution in [0, 0.1) is 5.92 Å². The lowest BCUT2D eigenvalue weighted by Gasteiger charge is -2.15. The highest BCUT2D eigenvalue weighted by Crippen LogP contribution is 2.42. The van der Waals surface area contributed by atoms with Crippen LogP contribution in [0.25, 0.3) is 33.6 Å². The zero-order valence-corrected chi connectivity index (χ0v) is 29.0. The smallest absolute Gasteiger partial charge is 0.237 e. The molecule has 2 saturated heterocycles. The molecule has 0 radical (unpaired) electrons. The number of aromatic nitrogens is 4. The van der Waals surface area contributed by atoms with Crippen molar-refractivity contribution < 1.29 is 19.1 Å². The lowest BCUT2D eigenvalue weighted by Crippen LogP contribution is -2.25. The molecule has 0 bridgehead atoms. The third kappa shape index (κ3) is 8.12. The van der Waals surface area contributed by atoms with E-state index in [-0.39, 0.29) is 17.9 Å². The number of carbonyl (C=O) groups excluding carboxylic acids is 2. The van der Waals surface area contributed by atoms with Crippen molar-refractivity contribution in [3.8, 4) is 45.4 Å². The van der Waals surface area contributed by atoms with Gasteiger partial charge in [0.15, 0.2) is 0 Å². The van der Waals surface area contributed by atoms with Crippen molar-refractivity contribution in [2.24, 2.45) is 5.92 Å². The number of hydrogen-bond acceptors (Lipinski definition) is 9. The Balaban J connectivity index is 1.18. The van der Waals surface area contributed by atoms with Gasteiger partial charge in [0.25, 0.3) is 0 Å². The predicted molar refractivity (Wildman–Crippen MR) is 189 cm³/mol. The molecule has 2 aromatic carbocycles. The average molecular weight is 705 g/mol. The summed E-state index contributed by atoms with van der Waals surface area (Å²) in [5.74, 6) is 1.44. The standard InChI is InChI=1S/C36H39Cl2N7O4/c1-48-35-27(11-3-6-22-12-13-31(46)43-22)40-19-28(44-35)25-9-4-7-23(33(25)37)24-8-5-10-26(34(24)38)29-20-41-30(36(45-29)49-2)18-39-15-14-21-16-32(47)42-17-21/h4-5,7-10,19-22,39H,3,6,11-18H2,1-2H3,(H,42,47)(H,43,46)/t21-,22+/m0/s1. The first-order chi connectivity index (χ1) is 23.8. The van der Waals surface area contributed by atoms with Crippen LogP contribution in [0.4, 0.5) is 0 Å². The van der Waals surface area contributed by atoms with E-state index in [1.165, 1.54) is 0 Å². The van der Waals surface area contributed by atoms with Gasteiger partial charge >= 0.3 is 0 Å². The van der Waals surface area contributed by atoms with Crippen LogP contribution in [0.15, 0.2) is 48.8 Å². The number of aryl methyl sites for hydroxylation is 1. The summed E-state index contributed by atoms with van der Waals surface area (Å²) in [5, 5.41) is 10.2. The molecular formula is C36H39Cl2N7O4. The number of methoxy groups -OCH3 is 2. The average Bonchev–Trinajstić information content (AvgIpc) is 3.74. The first kappa shape index (κ1) is 34.5. The minimum atomic E-state index is 0.117. The fourth-order valence-corrected chi connectivity index (χ4v) is 6.99. The van der Waals surface area contributed by atoms with Gasteiger partial charge in [-0.3, -0.25) is 19.6 Å². The Morgan fingerprint density at radius 3 is 2.02 bits per heavy atom. The Morgan fingerprint density at radius 2 is 1.45 bits per heavy atom. The maximum absolute atomic E-state index is 11.5. The summed E-state index contributed by atoms with van der Waals surface area (Å²) in [5.41, 5.74) is 5.43. The van der Waals surface area contributed by atoms with Gasteiger partial charge in [0.05, 0.1) is 48.0 Å². The molecule has 4 aromatic rings. The Morgan fingerprint density at radius 1 is 0.837 bits per heavy atom. The van der Waals surface area contributed by atoms with Crippen LogP contribution < -0.4 is 25.4 Å². The molecule has 4 heterocycles. The molecule has 2 aliphatic rings. The number of ether oxygens (including phenoxy) is 2. The van der Waals surface area contributed by atoms with Gasteiger partial charge in [-0.2, -0.15) is 0 Å². The van der Waals surface area contributed by atoms with Crippen molar-refractivity contribution in [1.82, 2.24) is 35.9 Å². The number of carbonyl (C=O) groups is 2. The summed E-state index contributed by atoms with van der Waals surface area (Å²) >= 11 is 14.1. The maximum Gasteiger partial charge on any atom is 0.237 e. The van der Waals surface area contributed by atoms with Crippen LogP contribution in [-0.2, 0) is 22.6 Å². The molecule has 256 valence electrons. The van der Waals surface area contributed by atoms with Crippen molar-refractivity contribution in [2.45, 2.75) is 57.5 Å². The first-order valence-corrected chi connectivity index (χ1v) is 17.2. The van der Waals surface area contributed by atoms with Crippen molar-refractivity contribution in [3.63, 3.8) is 0 Å². The Bertz CT molecular complexity index is 1840. The normalized spacial score (nSPS) is 17.2. The Kier molecular flexibility index (Phi) is 11.2. The molecule has 2 aromatic heterocycles. The Hall–Kier alpha value is -4.32. The zero-order valence-electron chi connectivity index (χ0n) is 27.5. The van der Waals surface area contributed by atoms with Gasteiger partial charge in [0, 0.05) is 54.2 Å². The number of hydrogen-bond donors (Lipinski definition) is 3. The van der Waals surface area contributed by atoms with Crippen LogP contribution in [0.3, 0.4) is 0 Å². The van der Waals surface area contributed by atoms with E-state index in [9.17, 15) is 9.59 Å². The minimum Gasteiger partial charge on any atom is -0.480 e. The van der Waals surface area contributed by atoms with Crippen molar-refractivity contribution in [2.75, 3.05) is 27.3 Å². The number of rotatable bonds is 14. The maximum atomic E-state index is 11.5. The molecule has 3 N–H and O–H groups in total. The van der Waals surface area contributed by atoms with E-state index in [0.717, 1.165) is 55.6 Å². The summed E-state index contributed by atoms with van der Waals surface area (Å²) in [6, 6.07) is 11.6. The lowest BCUT2D eigenvalue weighted by molar-refractivity contribution is -0.120. The van der Waals surface area contributed by atoms with Gasteiger partial charge in [-0.15, -0.1) is 0 Å². The second-order valence-corrected chi connectivity index (χ2v) is 13.0. The summed E-state index contributed by atoms with van der Waals surface area (Å²) in [7, 11) is 3.15. The van der Waals surface area contributed by atoms with E-state index >= 15 is 0 Å². The molecule has 0 saturated carbocycles. The second-order valence-electron chi connectivity index (χ2n) is 12.3. The molecule has 2 atom stereocenters. The van der Waals surface area contributed by atoms with Crippen LogP contribution in [0.5, 0.6) is 11.8 Å². The van der Waals surface area contributed by atoms with E-state index in [2.05, 4.69) is 25.9 Å². The fraction of sp³-hybridized carbons (Fsp3) is 0.389. The van der Waals surface area contributed by atoms with E-state index in [4.69, 9.17) is 42.6 Å². The first-order valence-electron chi connectivity index (χ1n) is 16.5. The monoisotopic (exact) mass is 703 g/mol. The second kappa shape index (κ2) is 15.9. The quantitative estimate of drug-likeness (QED) is 0.139. The number of amides is 2. The van der Waals surface area contributed by atoms with Gasteiger partial charge in [-0.05, 0) is 44.6 Å². The van der Waals surface area contributed by atoms with Crippen LogP contribution in [-0.4, -0.2) is 65.1 Å². The van der Waals surface area contributed by atoms with Gasteiger partial charge in [0.1, 0.15) is 11.4 Å². The van der Waals surface area contributed by atoms with E-state index in [1.807, 2.05) is 36.4 Å². The van der Waals surface area contributed by atoms with Crippen LogP contribution in [0.2, 0.25) is 10.0 Å². The molecule has 0 unspecified atom stereocenters. The number of halogens is 2. The van der Waals surface area contributed by atoms with Crippen molar-refractivity contribution in [1.29, 1.82) is 0 Å². The largest absolute Gasteiger partial charge is 0.480 e. The van der Waals surface area contributed by atoms with E-state index in [1.54, 1.807) is 26.6 Å². The van der Waals surface area contributed by atoms with Gasteiger partial charge < -0.3 is 25.4 Å². The molecule has 0 spiro atoms. The van der Waals surface area contributed by atoms with Crippen molar-refractivity contribution >= 4 is 35.0 Å². The molecule has 6 rings (SSSR count). The van der Waals surface area contributed by atoms with E-state index < -0.39 is 0 Å². The molecular weight excluding hydrogens is 665 g/mol. The summed E-state index contributed by atoms with van der Waals surface area (Å²) in [6.07, 6.45) is 8.78. The SMILES string of the molecule is COc1nc(-c2cccc(-c3cccc(-c4cnc(CNCC[C@@H]5CNC(=O)C5)c(OC)n4)c3Cl)c2Cl)cnc1CCC[C@@H]1CCC(=O)N1. The molecule has 13 heteroatoms. The minimum absolute atomic E-state index is 0.117. The van der Waals surface area contributed by atoms with Crippen LogP contribution in [0.1, 0.15) is 49.9 Å². The predicted octanol–water partition coefficient (Wildman–Crippen LogP) is 5.81. The van der Waals surface area contributed by atoms with Crippen molar-refractivity contribution in [3.05, 3.63) is 70.2 Å². The molecule has 2 amide bonds. The fourth-order valence-electron chi connectivity index (χ4n) is 6.34. The third-order valence-corrected chi connectivity index (χ3v) is 9.80. The number of nitrogens with zero attached hydrogens (tertiary/aromatic N) is 4. The lowest BCUT2D eigenvalue weighted by atomic mass is 9.98. The summed E-state index contributed by atoms with van der Waals surface area (Å²) in [4.78, 5) is 41.8. The van der Waals surface area contributed by atoms with Gasteiger partial charge in [-0.1, -0.05) is 59.6 Å². The highest BCUT2D eigenvalue weighted by molar-refractivity contribution is 6.39. The third-order valence-electron chi connectivity index (χ3n) is 8.98. The number of benzene rings is 2. The molecule has 2 fully saturated rings. The van der Waals surface area contributed by atoms with Gasteiger partial charge in [0.2, 0.25) is 23.6 Å². The summed E-state index contributed by atoms with van der Waals surface area (Å²) in [6.45, 7) is 1.97. The highest BCUT2D eigenvalue weighted by Gasteiger charge is 2.23. The molecule has 49 heavy (non-hydrogen) atoms. The zero-order chi connectivity index (χ0) is 34.3. The summed E-state index contributed by atoms with van der Waals surface area (Å²) < 4.78 is 11.2. The molecule has 0 aliphatic carbocycles. The molecule has 2 aliphatic heterocycles. The Labute approximate surface area is 295 Å². The van der Waals surface area contributed by atoms with Crippen LogP contribution >= 0.6 is 23.2 Å². The highest BCUT2D eigenvalue weighted by atomic mass is 35.5. The van der Waals surface area contributed by atoms with E-state index in [0.29, 0.717) is 81.7 Å². The number of nitrogens with one attached hydrogen (secondary N) is 3. The molecule has 11 nitrogen and oxygen atoms in total.